The topological polar surface area (TPSA) is 30.7 Å². The van der Waals surface area contributed by atoms with Gasteiger partial charge in [-0.2, -0.15) is 0 Å². The third kappa shape index (κ3) is 7.07. The van der Waals surface area contributed by atoms with Gasteiger partial charge in [-0.25, -0.2) is 4.85 Å². The summed E-state index contributed by atoms with van der Waals surface area (Å²) in [5.41, 5.74) is 0.277. The second-order valence-electron chi connectivity index (χ2n) is 3.87. The quantitative estimate of drug-likeness (QED) is 0.484. The van der Waals surface area contributed by atoms with Crippen LogP contribution in [0.15, 0.2) is 11.8 Å². The molecule has 0 bridgehead atoms. The molecule has 0 aliphatic rings. The fourth-order valence-corrected chi connectivity index (χ4v) is 0.761. The molecule has 0 aromatic rings. The smallest absolute Gasteiger partial charge is 0.309 e. The standard InChI is InChI=1S/C10H15NO2/c1-8(7-11-5)6-9(12)13-10(2,3)4/h7H,6H2,1-4H3. The monoisotopic (exact) mass is 181 g/mol. The van der Waals surface area contributed by atoms with E-state index in [0.717, 1.165) is 5.57 Å². The van der Waals surface area contributed by atoms with Crippen molar-refractivity contribution in [3.63, 3.8) is 0 Å². The van der Waals surface area contributed by atoms with Gasteiger partial charge in [0.15, 0.2) is 6.20 Å². The number of ether oxygens (including phenoxy) is 1. The number of carbonyl (C=O) groups is 1. The summed E-state index contributed by atoms with van der Waals surface area (Å²) >= 11 is 0. The van der Waals surface area contributed by atoms with Gasteiger partial charge in [0.2, 0.25) is 0 Å². The minimum Gasteiger partial charge on any atom is -0.460 e. The summed E-state index contributed by atoms with van der Waals surface area (Å²) in [4.78, 5) is 14.2. The van der Waals surface area contributed by atoms with E-state index in [4.69, 9.17) is 11.3 Å². The van der Waals surface area contributed by atoms with E-state index >= 15 is 0 Å². The lowest BCUT2D eigenvalue weighted by atomic mass is 10.2. The van der Waals surface area contributed by atoms with Gasteiger partial charge in [-0.1, -0.05) is 12.5 Å². The summed E-state index contributed by atoms with van der Waals surface area (Å²) < 4.78 is 5.07. The number of rotatable bonds is 2. The Balaban J connectivity index is 4.05. The first-order valence-corrected chi connectivity index (χ1v) is 4.09. The zero-order valence-electron chi connectivity index (χ0n) is 8.55. The SMILES string of the molecule is [C-]#[N+]C=C(C)CC(=O)OC(C)(C)C. The molecule has 0 amide bonds. The second kappa shape index (κ2) is 4.66. The summed E-state index contributed by atoms with van der Waals surface area (Å²) in [5.74, 6) is -0.287. The summed E-state index contributed by atoms with van der Waals surface area (Å²) in [7, 11) is 0. The van der Waals surface area contributed by atoms with Gasteiger partial charge >= 0.3 is 5.97 Å². The predicted octanol–water partition coefficient (Wildman–Crippen LogP) is 2.54. The van der Waals surface area contributed by atoms with Crippen molar-refractivity contribution in [3.05, 3.63) is 23.2 Å². The van der Waals surface area contributed by atoms with E-state index in [-0.39, 0.29) is 12.4 Å². The van der Waals surface area contributed by atoms with Gasteiger partial charge in [0, 0.05) is 0 Å². The average Bonchev–Trinajstić information content (AvgIpc) is 1.81. The molecular formula is C10H15NO2. The van der Waals surface area contributed by atoms with Crippen LogP contribution in [0.1, 0.15) is 34.1 Å². The van der Waals surface area contributed by atoms with Crippen LogP contribution in [0.25, 0.3) is 4.85 Å². The Morgan fingerprint density at radius 1 is 1.54 bits per heavy atom. The van der Waals surface area contributed by atoms with Gasteiger partial charge in [0.25, 0.3) is 0 Å². The van der Waals surface area contributed by atoms with E-state index in [0.29, 0.717) is 0 Å². The fourth-order valence-electron chi connectivity index (χ4n) is 0.761. The van der Waals surface area contributed by atoms with Crippen LogP contribution in [0.3, 0.4) is 0 Å². The van der Waals surface area contributed by atoms with Crippen molar-refractivity contribution >= 4 is 5.97 Å². The minimum atomic E-state index is -0.449. The first kappa shape index (κ1) is 11.7. The molecule has 0 spiro atoms. The van der Waals surface area contributed by atoms with Crippen molar-refractivity contribution in [2.24, 2.45) is 0 Å². The van der Waals surface area contributed by atoms with Gasteiger partial charge in [-0.3, -0.25) is 4.79 Å². The lowest BCUT2D eigenvalue weighted by molar-refractivity contribution is -0.153. The Hall–Kier alpha value is -1.30. The van der Waals surface area contributed by atoms with Gasteiger partial charge in [0.05, 0.1) is 13.0 Å². The highest BCUT2D eigenvalue weighted by molar-refractivity contribution is 5.72. The lowest BCUT2D eigenvalue weighted by Crippen LogP contribution is -2.23. The average molecular weight is 181 g/mol. The zero-order chi connectivity index (χ0) is 10.5. The van der Waals surface area contributed by atoms with Gasteiger partial charge in [0.1, 0.15) is 5.60 Å². The van der Waals surface area contributed by atoms with E-state index in [1.165, 1.54) is 6.20 Å². The summed E-state index contributed by atoms with van der Waals surface area (Å²) in [6, 6.07) is 0. The molecule has 72 valence electrons. The van der Waals surface area contributed by atoms with Crippen LogP contribution in [-0.2, 0) is 9.53 Å². The first-order valence-electron chi connectivity index (χ1n) is 4.09. The van der Waals surface area contributed by atoms with Crippen LogP contribution < -0.4 is 0 Å². The van der Waals surface area contributed by atoms with Crippen molar-refractivity contribution in [1.29, 1.82) is 0 Å². The summed E-state index contributed by atoms with van der Waals surface area (Å²) in [6.07, 6.45) is 1.53. The van der Waals surface area contributed by atoms with Crippen molar-refractivity contribution in [3.8, 4) is 0 Å². The number of hydrogen-bond donors (Lipinski definition) is 0. The molecule has 0 unspecified atom stereocenters. The summed E-state index contributed by atoms with van der Waals surface area (Å²) in [6.45, 7) is 13.7. The van der Waals surface area contributed by atoms with Crippen molar-refractivity contribution < 1.29 is 9.53 Å². The maximum Gasteiger partial charge on any atom is 0.309 e. The molecule has 0 aliphatic heterocycles. The fraction of sp³-hybridized carbons (Fsp3) is 0.600. The molecule has 0 aliphatic carbocycles. The van der Waals surface area contributed by atoms with Crippen LogP contribution in [-0.4, -0.2) is 11.6 Å². The molecule has 0 heterocycles. The number of hydrogen-bond acceptors (Lipinski definition) is 2. The van der Waals surface area contributed by atoms with Crippen LogP contribution in [0, 0.1) is 6.57 Å². The molecule has 0 radical (unpaired) electrons. The molecular weight excluding hydrogens is 166 g/mol. The normalized spacial score (nSPS) is 12.1. The maximum atomic E-state index is 11.2. The Kier molecular flexibility index (Phi) is 4.19. The first-order chi connectivity index (χ1) is 5.85. The molecule has 0 aromatic carbocycles. The molecule has 0 atom stereocenters. The number of esters is 1. The van der Waals surface area contributed by atoms with Gasteiger partial charge in [-0.15, -0.1) is 0 Å². The molecule has 0 aromatic heterocycles. The molecule has 0 saturated heterocycles. The molecule has 3 heteroatoms. The summed E-state index contributed by atoms with van der Waals surface area (Å²) in [5, 5.41) is 0. The van der Waals surface area contributed by atoms with E-state index in [1.807, 2.05) is 20.8 Å². The van der Waals surface area contributed by atoms with E-state index < -0.39 is 5.60 Å². The van der Waals surface area contributed by atoms with Gasteiger partial charge in [-0.05, 0) is 20.8 Å². The Bertz CT molecular complexity index is 253. The number of carbonyl (C=O) groups excluding carboxylic acids is 1. The van der Waals surface area contributed by atoms with E-state index in [2.05, 4.69) is 4.85 Å². The zero-order valence-corrected chi connectivity index (χ0v) is 8.55. The second-order valence-corrected chi connectivity index (χ2v) is 3.87. The lowest BCUT2D eigenvalue weighted by Gasteiger charge is -2.19. The highest BCUT2D eigenvalue weighted by Gasteiger charge is 2.15. The third-order valence-corrected chi connectivity index (χ3v) is 1.13. The Morgan fingerprint density at radius 2 is 2.08 bits per heavy atom. The van der Waals surface area contributed by atoms with Crippen LogP contribution >= 0.6 is 0 Å². The third-order valence-electron chi connectivity index (χ3n) is 1.13. The van der Waals surface area contributed by atoms with Crippen LogP contribution in [0.2, 0.25) is 0 Å². The van der Waals surface area contributed by atoms with Crippen LogP contribution in [0.4, 0.5) is 0 Å². The Morgan fingerprint density at radius 3 is 2.46 bits per heavy atom. The highest BCUT2D eigenvalue weighted by atomic mass is 16.6. The number of nitrogens with zero attached hydrogens (tertiary/aromatic N) is 1. The highest BCUT2D eigenvalue weighted by Crippen LogP contribution is 2.10. The van der Waals surface area contributed by atoms with E-state index in [1.54, 1.807) is 6.92 Å². The van der Waals surface area contributed by atoms with Crippen molar-refractivity contribution in [2.45, 2.75) is 39.7 Å². The molecule has 0 fully saturated rings. The van der Waals surface area contributed by atoms with E-state index in [9.17, 15) is 4.79 Å². The molecule has 3 nitrogen and oxygen atoms in total. The molecule has 0 N–H and O–H groups in total. The molecule has 0 rings (SSSR count). The Labute approximate surface area is 79.2 Å². The molecule has 0 saturated carbocycles. The largest absolute Gasteiger partial charge is 0.460 e. The molecule has 13 heavy (non-hydrogen) atoms. The minimum absolute atomic E-state index is 0.194. The van der Waals surface area contributed by atoms with Crippen molar-refractivity contribution in [1.82, 2.24) is 0 Å². The van der Waals surface area contributed by atoms with Gasteiger partial charge < -0.3 is 4.74 Å². The van der Waals surface area contributed by atoms with Crippen molar-refractivity contribution in [2.75, 3.05) is 0 Å². The predicted molar refractivity (Wildman–Crippen MR) is 50.8 cm³/mol. The van der Waals surface area contributed by atoms with Crippen LogP contribution in [0.5, 0.6) is 0 Å². The maximum absolute atomic E-state index is 11.2.